The van der Waals surface area contributed by atoms with E-state index in [2.05, 4.69) is 22.1 Å². The van der Waals surface area contributed by atoms with Crippen molar-refractivity contribution in [3.8, 4) is 10.6 Å². The van der Waals surface area contributed by atoms with E-state index in [4.69, 9.17) is 4.98 Å². The molecule has 5 heterocycles. The molecule has 1 spiro atoms. The lowest BCUT2D eigenvalue weighted by Gasteiger charge is -2.22. The molecule has 3 aromatic rings. The summed E-state index contributed by atoms with van der Waals surface area (Å²) in [4.78, 5) is 20.7. The SMILES string of the molecule is O=C(c1ccsc1)N1CC[C@]2(CCn3c(-c4cccs4)cnc32)C1. The molecular weight excluding hydrogens is 338 g/mol. The summed E-state index contributed by atoms with van der Waals surface area (Å²) in [6.45, 7) is 2.63. The fourth-order valence-corrected chi connectivity index (χ4v) is 5.46. The van der Waals surface area contributed by atoms with Gasteiger partial charge >= 0.3 is 0 Å². The van der Waals surface area contributed by atoms with Crippen LogP contribution in [0.2, 0.25) is 0 Å². The van der Waals surface area contributed by atoms with E-state index in [1.165, 1.54) is 16.4 Å². The van der Waals surface area contributed by atoms with E-state index < -0.39 is 0 Å². The minimum atomic E-state index is 0.0428. The first-order valence-corrected chi connectivity index (χ1v) is 10.0. The molecule has 3 aromatic heterocycles. The summed E-state index contributed by atoms with van der Waals surface area (Å²) in [6, 6.07) is 6.16. The van der Waals surface area contributed by atoms with E-state index in [-0.39, 0.29) is 11.3 Å². The average Bonchev–Trinajstić information content (AvgIpc) is 3.41. The number of carbonyl (C=O) groups excluding carboxylic acids is 1. The molecule has 6 heteroatoms. The number of fused-ring (bicyclic) bond motifs is 2. The van der Waals surface area contributed by atoms with E-state index >= 15 is 0 Å². The quantitative estimate of drug-likeness (QED) is 0.700. The second-order valence-corrected chi connectivity index (χ2v) is 8.34. The summed E-state index contributed by atoms with van der Waals surface area (Å²) in [6.07, 6.45) is 4.11. The topological polar surface area (TPSA) is 38.1 Å². The predicted molar refractivity (Wildman–Crippen MR) is 96.7 cm³/mol. The molecule has 0 aromatic carbocycles. The zero-order valence-electron chi connectivity index (χ0n) is 13.1. The first-order chi connectivity index (χ1) is 11.8. The number of hydrogen-bond donors (Lipinski definition) is 0. The maximum absolute atomic E-state index is 12.7. The van der Waals surface area contributed by atoms with Gasteiger partial charge in [0.2, 0.25) is 0 Å². The van der Waals surface area contributed by atoms with E-state index in [0.29, 0.717) is 0 Å². The maximum atomic E-state index is 12.7. The number of carbonyl (C=O) groups is 1. The number of imidazole rings is 1. The highest BCUT2D eigenvalue weighted by atomic mass is 32.1. The van der Waals surface area contributed by atoms with Crippen molar-refractivity contribution in [3.63, 3.8) is 0 Å². The largest absolute Gasteiger partial charge is 0.338 e. The van der Waals surface area contributed by atoms with Gasteiger partial charge in [0.05, 0.1) is 22.3 Å². The van der Waals surface area contributed by atoms with Gasteiger partial charge in [0.25, 0.3) is 5.91 Å². The Hall–Kier alpha value is -1.92. The summed E-state index contributed by atoms with van der Waals surface area (Å²) < 4.78 is 2.37. The molecule has 0 radical (unpaired) electrons. The lowest BCUT2D eigenvalue weighted by atomic mass is 9.85. The van der Waals surface area contributed by atoms with Gasteiger partial charge in [0, 0.05) is 30.4 Å². The molecule has 2 aliphatic rings. The Morgan fingerprint density at radius 3 is 2.92 bits per heavy atom. The second-order valence-electron chi connectivity index (χ2n) is 6.62. The van der Waals surface area contributed by atoms with Crippen molar-refractivity contribution in [2.45, 2.75) is 24.8 Å². The molecule has 0 saturated carbocycles. The normalized spacial score (nSPS) is 22.4. The van der Waals surface area contributed by atoms with Gasteiger partial charge in [-0.3, -0.25) is 4.79 Å². The number of rotatable bonds is 2. The Balaban J connectivity index is 1.45. The number of amides is 1. The van der Waals surface area contributed by atoms with Gasteiger partial charge in [-0.05, 0) is 35.7 Å². The van der Waals surface area contributed by atoms with Gasteiger partial charge in [0.1, 0.15) is 5.82 Å². The number of likely N-dealkylation sites (tertiary alicyclic amines) is 1. The Morgan fingerprint density at radius 1 is 1.21 bits per heavy atom. The summed E-state index contributed by atoms with van der Waals surface area (Å²) in [5.74, 6) is 1.34. The van der Waals surface area contributed by atoms with Crippen LogP contribution in [0.1, 0.15) is 29.0 Å². The first-order valence-electron chi connectivity index (χ1n) is 8.18. The third kappa shape index (κ3) is 2.03. The second kappa shape index (κ2) is 5.29. The van der Waals surface area contributed by atoms with Crippen LogP contribution in [0.15, 0.2) is 40.5 Å². The number of thiophene rings is 2. The minimum absolute atomic E-state index is 0.0428. The third-order valence-electron chi connectivity index (χ3n) is 5.33. The van der Waals surface area contributed by atoms with Crippen LogP contribution in [0.4, 0.5) is 0 Å². The molecule has 0 unspecified atom stereocenters. The molecule has 0 N–H and O–H groups in total. The van der Waals surface area contributed by atoms with Crippen molar-refractivity contribution < 1.29 is 4.79 Å². The van der Waals surface area contributed by atoms with Gasteiger partial charge in [0.15, 0.2) is 0 Å². The Morgan fingerprint density at radius 2 is 2.12 bits per heavy atom. The first kappa shape index (κ1) is 14.4. The van der Waals surface area contributed by atoms with Gasteiger partial charge in [-0.1, -0.05) is 6.07 Å². The van der Waals surface area contributed by atoms with Crippen molar-refractivity contribution in [2.24, 2.45) is 0 Å². The van der Waals surface area contributed by atoms with Crippen LogP contribution in [0.5, 0.6) is 0 Å². The zero-order valence-corrected chi connectivity index (χ0v) is 14.8. The Bertz CT molecular complexity index is 882. The molecular formula is C18H17N3OS2. The number of aromatic nitrogens is 2. The molecule has 4 nitrogen and oxygen atoms in total. The number of nitrogens with zero attached hydrogens (tertiary/aromatic N) is 3. The van der Waals surface area contributed by atoms with Gasteiger partial charge < -0.3 is 9.47 Å². The van der Waals surface area contributed by atoms with Crippen LogP contribution < -0.4 is 0 Å². The Kier molecular flexibility index (Phi) is 3.18. The lowest BCUT2D eigenvalue weighted by Crippen LogP contribution is -2.33. The molecule has 0 bridgehead atoms. The van der Waals surface area contributed by atoms with Crippen molar-refractivity contribution in [2.75, 3.05) is 13.1 Å². The molecule has 122 valence electrons. The van der Waals surface area contributed by atoms with Crippen LogP contribution in [0, 0.1) is 0 Å². The predicted octanol–water partition coefficient (Wildman–Crippen LogP) is 3.86. The van der Waals surface area contributed by atoms with E-state index in [9.17, 15) is 4.79 Å². The molecule has 1 amide bonds. The average molecular weight is 355 g/mol. The van der Waals surface area contributed by atoms with Crippen LogP contribution in [0.3, 0.4) is 0 Å². The van der Waals surface area contributed by atoms with Crippen LogP contribution in [-0.2, 0) is 12.0 Å². The standard InChI is InChI=1S/C18H17N3OS2/c22-16(13-3-9-23-11-13)20-6-4-18(12-20)5-7-21-14(10-19-17(18)21)15-2-1-8-24-15/h1-3,8-11H,4-7,12H2/t18-/m0/s1. The molecule has 24 heavy (non-hydrogen) atoms. The van der Waals surface area contributed by atoms with E-state index in [1.807, 2.05) is 27.9 Å². The van der Waals surface area contributed by atoms with E-state index in [0.717, 1.165) is 38.0 Å². The number of hydrogen-bond acceptors (Lipinski definition) is 4. The smallest absolute Gasteiger partial charge is 0.254 e. The highest BCUT2D eigenvalue weighted by molar-refractivity contribution is 7.13. The summed E-state index contributed by atoms with van der Waals surface area (Å²) >= 11 is 3.34. The van der Waals surface area contributed by atoms with Gasteiger partial charge in [-0.15, -0.1) is 11.3 Å². The van der Waals surface area contributed by atoms with Crippen LogP contribution >= 0.6 is 22.7 Å². The highest BCUT2D eigenvalue weighted by Crippen LogP contribution is 2.44. The summed E-state index contributed by atoms with van der Waals surface area (Å²) in [7, 11) is 0. The Labute approximate surface area is 148 Å². The molecule has 1 saturated heterocycles. The van der Waals surface area contributed by atoms with Crippen molar-refractivity contribution >= 4 is 28.6 Å². The third-order valence-corrected chi connectivity index (χ3v) is 6.90. The van der Waals surface area contributed by atoms with Crippen molar-refractivity contribution in [3.05, 3.63) is 51.9 Å². The summed E-state index contributed by atoms with van der Waals surface area (Å²) in [5, 5.41) is 6.02. The van der Waals surface area contributed by atoms with E-state index in [1.54, 1.807) is 22.7 Å². The van der Waals surface area contributed by atoms with Gasteiger partial charge in [-0.2, -0.15) is 11.3 Å². The summed E-state index contributed by atoms with van der Waals surface area (Å²) in [5.41, 5.74) is 2.08. The molecule has 2 aliphatic heterocycles. The molecule has 0 aliphatic carbocycles. The highest BCUT2D eigenvalue weighted by Gasteiger charge is 2.48. The fourth-order valence-electron chi connectivity index (χ4n) is 4.08. The zero-order chi connectivity index (χ0) is 16.1. The molecule has 1 fully saturated rings. The minimum Gasteiger partial charge on any atom is -0.338 e. The maximum Gasteiger partial charge on any atom is 0.254 e. The lowest BCUT2D eigenvalue weighted by molar-refractivity contribution is 0.0783. The van der Waals surface area contributed by atoms with Crippen LogP contribution in [-0.4, -0.2) is 33.4 Å². The van der Waals surface area contributed by atoms with Crippen molar-refractivity contribution in [1.29, 1.82) is 0 Å². The molecule has 1 atom stereocenters. The van der Waals surface area contributed by atoms with Gasteiger partial charge in [-0.25, -0.2) is 4.98 Å². The van der Waals surface area contributed by atoms with Crippen LogP contribution in [0.25, 0.3) is 10.6 Å². The van der Waals surface area contributed by atoms with Crippen molar-refractivity contribution in [1.82, 2.24) is 14.5 Å². The monoisotopic (exact) mass is 355 g/mol. The molecule has 5 rings (SSSR count). The fraction of sp³-hybridized carbons (Fsp3) is 0.333.